The zero-order valence-corrected chi connectivity index (χ0v) is 17.8. The summed E-state index contributed by atoms with van der Waals surface area (Å²) in [5.74, 6) is 0.175. The minimum Gasteiger partial charge on any atom is -0.493 e. The number of hydrogen-bond donors (Lipinski definition) is 1. The lowest BCUT2D eigenvalue weighted by Crippen LogP contribution is -2.38. The number of nitrogens with one attached hydrogen (secondary N) is 1. The molecular formula is C22H26ClNO5. The van der Waals surface area contributed by atoms with Gasteiger partial charge in [0.05, 0.1) is 12.7 Å². The van der Waals surface area contributed by atoms with Crippen LogP contribution in [0, 0.1) is 5.92 Å². The zero-order valence-electron chi connectivity index (χ0n) is 17.0. The van der Waals surface area contributed by atoms with E-state index < -0.39 is 5.97 Å². The highest BCUT2D eigenvalue weighted by atomic mass is 35.5. The van der Waals surface area contributed by atoms with Gasteiger partial charge in [0.25, 0.3) is 5.91 Å². The highest BCUT2D eigenvalue weighted by molar-refractivity contribution is 6.31. The summed E-state index contributed by atoms with van der Waals surface area (Å²) in [4.78, 5) is 24.1. The van der Waals surface area contributed by atoms with Crippen LogP contribution < -0.4 is 14.8 Å². The normalized spacial score (nSPS) is 11.7. The molecule has 0 heterocycles. The lowest BCUT2D eigenvalue weighted by molar-refractivity contribution is -0.125. The monoisotopic (exact) mass is 419 g/mol. The molecule has 0 aromatic heterocycles. The summed E-state index contributed by atoms with van der Waals surface area (Å²) in [6.07, 6.45) is 0. The first kappa shape index (κ1) is 22.6. The van der Waals surface area contributed by atoms with E-state index in [9.17, 15) is 9.59 Å². The Labute approximate surface area is 176 Å². The standard InChI is InChI=1S/C22H26ClNO5/c1-14(2)15(3)24-21(25)13-29-22(26)16-9-10-19(20(11-16)27-4)28-12-17-7-5-6-8-18(17)23/h5-11,14-15H,12-13H2,1-4H3,(H,24,25)/t15-/m0/s1. The van der Waals surface area contributed by atoms with Crippen molar-refractivity contribution >= 4 is 23.5 Å². The van der Waals surface area contributed by atoms with Gasteiger partial charge < -0.3 is 19.5 Å². The minimum absolute atomic E-state index is 0.00385. The molecule has 6 nitrogen and oxygen atoms in total. The van der Waals surface area contributed by atoms with E-state index in [0.29, 0.717) is 16.5 Å². The number of carbonyl (C=O) groups excluding carboxylic acids is 2. The van der Waals surface area contributed by atoms with E-state index in [1.807, 2.05) is 39.0 Å². The van der Waals surface area contributed by atoms with Crippen molar-refractivity contribution in [2.45, 2.75) is 33.4 Å². The molecule has 0 fully saturated rings. The summed E-state index contributed by atoms with van der Waals surface area (Å²) < 4.78 is 16.2. The van der Waals surface area contributed by atoms with Crippen LogP contribution in [0.3, 0.4) is 0 Å². The molecule has 1 amide bonds. The first-order valence-corrected chi connectivity index (χ1v) is 9.70. The minimum atomic E-state index is -0.617. The summed E-state index contributed by atoms with van der Waals surface area (Å²) in [6.45, 7) is 5.81. The first-order chi connectivity index (χ1) is 13.8. The first-order valence-electron chi connectivity index (χ1n) is 9.32. The Morgan fingerprint density at radius 1 is 1.07 bits per heavy atom. The van der Waals surface area contributed by atoms with E-state index in [1.165, 1.54) is 13.2 Å². The molecule has 0 spiro atoms. The lowest BCUT2D eigenvalue weighted by Gasteiger charge is -2.17. The fraction of sp³-hybridized carbons (Fsp3) is 0.364. The highest BCUT2D eigenvalue weighted by Gasteiger charge is 2.16. The summed E-state index contributed by atoms with van der Waals surface area (Å²) in [5, 5.41) is 3.39. The van der Waals surface area contributed by atoms with Gasteiger partial charge in [-0.3, -0.25) is 4.79 Å². The number of benzene rings is 2. The van der Waals surface area contributed by atoms with Crippen molar-refractivity contribution in [3.05, 3.63) is 58.6 Å². The third kappa shape index (κ3) is 6.68. The molecule has 156 valence electrons. The van der Waals surface area contributed by atoms with Crippen LogP contribution in [0.25, 0.3) is 0 Å². The van der Waals surface area contributed by atoms with Crippen LogP contribution in [0.4, 0.5) is 0 Å². The average molecular weight is 420 g/mol. The molecule has 0 aliphatic carbocycles. The van der Waals surface area contributed by atoms with E-state index in [2.05, 4.69) is 5.32 Å². The molecule has 0 saturated heterocycles. The van der Waals surface area contributed by atoms with E-state index in [4.69, 9.17) is 25.8 Å². The average Bonchev–Trinajstić information content (AvgIpc) is 2.71. The molecular weight excluding hydrogens is 394 g/mol. The van der Waals surface area contributed by atoms with Crippen molar-refractivity contribution in [3.63, 3.8) is 0 Å². The molecule has 2 aromatic rings. The maximum absolute atomic E-state index is 12.3. The SMILES string of the molecule is COc1cc(C(=O)OCC(=O)N[C@@H](C)C(C)C)ccc1OCc1ccccc1Cl. The number of rotatable bonds is 9. The van der Waals surface area contributed by atoms with Crippen LogP contribution in [0.1, 0.15) is 36.7 Å². The van der Waals surface area contributed by atoms with E-state index in [1.54, 1.807) is 18.2 Å². The van der Waals surface area contributed by atoms with Gasteiger partial charge in [0.1, 0.15) is 6.61 Å². The summed E-state index contributed by atoms with van der Waals surface area (Å²) in [6, 6.07) is 12.1. The molecule has 1 N–H and O–H groups in total. The van der Waals surface area contributed by atoms with Gasteiger partial charge in [-0.2, -0.15) is 0 Å². The molecule has 2 aromatic carbocycles. The molecule has 0 bridgehead atoms. The van der Waals surface area contributed by atoms with Gasteiger partial charge in [0.2, 0.25) is 0 Å². The fourth-order valence-corrected chi connectivity index (χ4v) is 2.55. The van der Waals surface area contributed by atoms with Crippen LogP contribution in [-0.2, 0) is 16.1 Å². The lowest BCUT2D eigenvalue weighted by atomic mass is 10.1. The highest BCUT2D eigenvalue weighted by Crippen LogP contribution is 2.30. The van der Waals surface area contributed by atoms with Crippen molar-refractivity contribution in [1.29, 1.82) is 0 Å². The van der Waals surface area contributed by atoms with Crippen LogP contribution >= 0.6 is 11.6 Å². The Morgan fingerprint density at radius 3 is 2.45 bits per heavy atom. The molecule has 0 aliphatic heterocycles. The predicted molar refractivity (Wildman–Crippen MR) is 112 cm³/mol. The third-order valence-corrected chi connectivity index (χ3v) is 4.83. The van der Waals surface area contributed by atoms with Crippen LogP contribution in [0.15, 0.2) is 42.5 Å². The topological polar surface area (TPSA) is 73.9 Å². The number of carbonyl (C=O) groups is 2. The maximum atomic E-state index is 12.3. The van der Waals surface area contributed by atoms with Crippen molar-refractivity contribution in [2.75, 3.05) is 13.7 Å². The third-order valence-electron chi connectivity index (χ3n) is 4.46. The van der Waals surface area contributed by atoms with Crippen molar-refractivity contribution in [2.24, 2.45) is 5.92 Å². The summed E-state index contributed by atoms with van der Waals surface area (Å²) in [7, 11) is 1.48. The van der Waals surface area contributed by atoms with Crippen molar-refractivity contribution in [3.8, 4) is 11.5 Å². The van der Waals surface area contributed by atoms with Gasteiger partial charge in [-0.25, -0.2) is 4.79 Å². The second kappa shape index (κ2) is 10.7. The second-order valence-electron chi connectivity index (χ2n) is 6.92. The molecule has 29 heavy (non-hydrogen) atoms. The number of hydrogen-bond acceptors (Lipinski definition) is 5. The van der Waals surface area contributed by atoms with Crippen LogP contribution in [0.5, 0.6) is 11.5 Å². The summed E-state index contributed by atoms with van der Waals surface area (Å²) >= 11 is 6.13. The van der Waals surface area contributed by atoms with E-state index in [0.717, 1.165) is 5.56 Å². The van der Waals surface area contributed by atoms with E-state index in [-0.39, 0.29) is 36.6 Å². The molecule has 0 saturated carbocycles. The molecule has 0 radical (unpaired) electrons. The Hall–Kier alpha value is -2.73. The predicted octanol–water partition coefficient (Wildman–Crippen LogP) is 4.25. The Morgan fingerprint density at radius 2 is 1.79 bits per heavy atom. The number of methoxy groups -OCH3 is 1. The maximum Gasteiger partial charge on any atom is 0.338 e. The Bertz CT molecular complexity index is 853. The fourth-order valence-electron chi connectivity index (χ4n) is 2.36. The second-order valence-corrected chi connectivity index (χ2v) is 7.33. The number of esters is 1. The molecule has 7 heteroatoms. The number of amides is 1. The van der Waals surface area contributed by atoms with Gasteiger partial charge in [0, 0.05) is 16.6 Å². The van der Waals surface area contributed by atoms with Crippen LogP contribution in [0.2, 0.25) is 5.02 Å². The molecule has 2 rings (SSSR count). The van der Waals surface area contributed by atoms with Crippen molar-refractivity contribution < 1.29 is 23.8 Å². The quantitative estimate of drug-likeness (QED) is 0.615. The van der Waals surface area contributed by atoms with Gasteiger partial charge in [-0.15, -0.1) is 0 Å². The number of halogens is 1. The van der Waals surface area contributed by atoms with Crippen LogP contribution in [-0.4, -0.2) is 31.6 Å². The Kier molecular flexibility index (Phi) is 8.34. The molecule has 0 aliphatic rings. The van der Waals surface area contributed by atoms with Crippen molar-refractivity contribution in [1.82, 2.24) is 5.32 Å². The van der Waals surface area contributed by atoms with Gasteiger partial charge in [-0.05, 0) is 37.1 Å². The number of ether oxygens (including phenoxy) is 3. The Balaban J connectivity index is 1.97. The van der Waals surface area contributed by atoms with Gasteiger partial charge in [-0.1, -0.05) is 43.6 Å². The summed E-state index contributed by atoms with van der Waals surface area (Å²) in [5.41, 5.74) is 1.10. The largest absolute Gasteiger partial charge is 0.493 e. The molecule has 0 unspecified atom stereocenters. The zero-order chi connectivity index (χ0) is 21.4. The van der Waals surface area contributed by atoms with E-state index >= 15 is 0 Å². The molecule has 1 atom stereocenters. The van der Waals surface area contributed by atoms with Gasteiger partial charge >= 0.3 is 5.97 Å². The van der Waals surface area contributed by atoms with Gasteiger partial charge in [0.15, 0.2) is 18.1 Å². The smallest absolute Gasteiger partial charge is 0.338 e.